The minimum Gasteiger partial charge on any atom is -0.443 e. The fourth-order valence-electron chi connectivity index (χ4n) is 4.69. The van der Waals surface area contributed by atoms with Crippen LogP contribution in [0.5, 0.6) is 0 Å². The van der Waals surface area contributed by atoms with Crippen molar-refractivity contribution in [3.8, 4) is 0 Å². The van der Waals surface area contributed by atoms with Crippen molar-refractivity contribution in [1.29, 1.82) is 0 Å². The Morgan fingerprint density at radius 2 is 1.93 bits per heavy atom. The Bertz CT molecular complexity index is 1300. The van der Waals surface area contributed by atoms with Crippen molar-refractivity contribution in [2.75, 3.05) is 17.7 Å². The van der Waals surface area contributed by atoms with Gasteiger partial charge in [0.15, 0.2) is 12.3 Å². The summed E-state index contributed by atoms with van der Waals surface area (Å²) < 4.78 is 7.29. The first-order valence-corrected chi connectivity index (χ1v) is 15.0. The summed E-state index contributed by atoms with van der Waals surface area (Å²) in [6.07, 6.45) is 8.80. The van der Waals surface area contributed by atoms with E-state index in [9.17, 15) is 4.79 Å². The maximum absolute atomic E-state index is 13.2. The summed E-state index contributed by atoms with van der Waals surface area (Å²) in [5.41, 5.74) is 1.39. The monoisotopic (exact) mass is 565 g/mol. The zero-order chi connectivity index (χ0) is 28.5. The van der Waals surface area contributed by atoms with Crippen molar-refractivity contribution in [2.45, 2.75) is 76.4 Å². The molecule has 2 aromatic heterocycles. The fraction of sp³-hybridized carbons (Fsp3) is 0.517. The molecule has 1 fully saturated rings. The number of nitrogens with zero attached hydrogens (tertiary/aromatic N) is 7. The number of amides is 1. The summed E-state index contributed by atoms with van der Waals surface area (Å²) in [5.74, 6) is 1.65. The third-order valence-corrected chi connectivity index (χ3v) is 7.44. The molecule has 11 heteroatoms. The second kappa shape index (κ2) is 13.7. The van der Waals surface area contributed by atoms with Gasteiger partial charge in [0, 0.05) is 24.1 Å². The number of aryl methyl sites for hydroxylation is 1. The lowest BCUT2D eigenvalue weighted by Crippen LogP contribution is -2.38. The topological polar surface area (TPSA) is 108 Å². The molecule has 0 saturated heterocycles. The number of aromatic nitrogens is 5. The SMILES string of the molecule is CSc1cccc(C(=NOCc2cccc(N(CCC3CCCCC3)C(=O)OC(C)(C)C)n2)c2nnnn2C)c1. The van der Waals surface area contributed by atoms with Crippen molar-refractivity contribution < 1.29 is 14.4 Å². The number of carbonyl (C=O) groups excluding carboxylic acids is 1. The first-order chi connectivity index (χ1) is 19.2. The zero-order valence-corrected chi connectivity index (χ0v) is 24.9. The molecule has 1 saturated carbocycles. The van der Waals surface area contributed by atoms with Crippen molar-refractivity contribution >= 4 is 29.4 Å². The third kappa shape index (κ3) is 8.27. The van der Waals surface area contributed by atoms with Gasteiger partial charge in [-0.1, -0.05) is 55.5 Å². The molecule has 0 spiro atoms. The quantitative estimate of drug-likeness (QED) is 0.167. The normalized spacial score (nSPS) is 14.7. The van der Waals surface area contributed by atoms with Crippen LogP contribution in [0.25, 0.3) is 0 Å². The number of benzene rings is 1. The van der Waals surface area contributed by atoms with E-state index in [1.54, 1.807) is 28.4 Å². The molecule has 2 heterocycles. The summed E-state index contributed by atoms with van der Waals surface area (Å²) in [4.78, 5) is 26.5. The van der Waals surface area contributed by atoms with E-state index in [2.05, 4.69) is 20.7 Å². The number of rotatable bonds is 10. The zero-order valence-electron chi connectivity index (χ0n) is 24.0. The van der Waals surface area contributed by atoms with Gasteiger partial charge in [-0.2, -0.15) is 0 Å². The number of ether oxygens (including phenoxy) is 1. The van der Waals surface area contributed by atoms with Crippen LogP contribution < -0.4 is 4.90 Å². The largest absolute Gasteiger partial charge is 0.443 e. The molecule has 10 nitrogen and oxygen atoms in total. The molecule has 1 aliphatic carbocycles. The second-order valence-electron chi connectivity index (χ2n) is 11.0. The van der Waals surface area contributed by atoms with Gasteiger partial charge >= 0.3 is 6.09 Å². The molecule has 1 amide bonds. The number of tetrazole rings is 1. The van der Waals surface area contributed by atoms with Crippen LogP contribution >= 0.6 is 11.8 Å². The van der Waals surface area contributed by atoms with Gasteiger partial charge in [0.05, 0.1) is 5.69 Å². The van der Waals surface area contributed by atoms with Crippen LogP contribution in [0, 0.1) is 5.92 Å². The van der Waals surface area contributed by atoms with Gasteiger partial charge in [-0.3, -0.25) is 4.90 Å². The molecule has 0 N–H and O–H groups in total. The number of thioether (sulfide) groups is 1. The van der Waals surface area contributed by atoms with E-state index < -0.39 is 11.7 Å². The molecular weight excluding hydrogens is 526 g/mol. The van der Waals surface area contributed by atoms with E-state index in [0.29, 0.717) is 35.5 Å². The number of hydrogen-bond acceptors (Lipinski definition) is 9. The van der Waals surface area contributed by atoms with Gasteiger partial charge in [-0.05, 0) is 74.1 Å². The Balaban J connectivity index is 1.53. The lowest BCUT2D eigenvalue weighted by atomic mass is 9.87. The fourth-order valence-corrected chi connectivity index (χ4v) is 5.15. The Hall–Kier alpha value is -3.47. The van der Waals surface area contributed by atoms with Crippen LogP contribution in [0.4, 0.5) is 10.6 Å². The first-order valence-electron chi connectivity index (χ1n) is 13.8. The van der Waals surface area contributed by atoms with Crippen LogP contribution in [-0.2, 0) is 23.2 Å². The minimum atomic E-state index is -0.603. The van der Waals surface area contributed by atoms with Gasteiger partial charge in [0.1, 0.15) is 11.4 Å². The van der Waals surface area contributed by atoms with Gasteiger partial charge < -0.3 is 9.57 Å². The number of carbonyl (C=O) groups is 1. The Morgan fingerprint density at radius 3 is 2.62 bits per heavy atom. The van der Waals surface area contributed by atoms with Crippen LogP contribution in [0.15, 0.2) is 52.5 Å². The van der Waals surface area contributed by atoms with Gasteiger partial charge in [0.2, 0.25) is 5.82 Å². The van der Waals surface area contributed by atoms with Crippen LogP contribution in [-0.4, -0.2) is 55.4 Å². The smallest absolute Gasteiger partial charge is 0.416 e. The molecule has 1 aromatic carbocycles. The summed E-state index contributed by atoms with van der Waals surface area (Å²) in [5, 5.41) is 16.3. The van der Waals surface area contributed by atoms with E-state index in [4.69, 9.17) is 14.6 Å². The third-order valence-electron chi connectivity index (χ3n) is 6.71. The van der Waals surface area contributed by atoms with E-state index >= 15 is 0 Å². The lowest BCUT2D eigenvalue weighted by Gasteiger charge is -2.29. The van der Waals surface area contributed by atoms with Gasteiger partial charge in [-0.15, -0.1) is 16.9 Å². The van der Waals surface area contributed by atoms with Crippen molar-refractivity contribution in [3.63, 3.8) is 0 Å². The molecule has 0 aliphatic heterocycles. The molecule has 40 heavy (non-hydrogen) atoms. The van der Waals surface area contributed by atoms with Gasteiger partial charge in [0.25, 0.3) is 0 Å². The van der Waals surface area contributed by atoms with Crippen LogP contribution in [0.3, 0.4) is 0 Å². The van der Waals surface area contributed by atoms with E-state index in [1.165, 1.54) is 32.1 Å². The first kappa shape index (κ1) is 29.5. The van der Waals surface area contributed by atoms with Gasteiger partial charge in [-0.25, -0.2) is 14.5 Å². The maximum Gasteiger partial charge on any atom is 0.416 e. The number of hydrogen-bond donors (Lipinski definition) is 0. The average Bonchev–Trinajstić information content (AvgIpc) is 3.36. The molecule has 4 rings (SSSR count). The number of anilines is 1. The molecule has 0 bridgehead atoms. The highest BCUT2D eigenvalue weighted by molar-refractivity contribution is 7.98. The standard InChI is InChI=1S/C29H39N7O3S/c1-29(2,3)39-28(37)36(18-17-21-11-7-6-8-12-21)25-16-10-14-23(30-25)20-38-32-26(27-31-33-34-35(27)4)22-13-9-15-24(19-22)40-5/h9-10,13-16,19,21H,6-8,11-12,17-18,20H2,1-5H3. The minimum absolute atomic E-state index is 0.107. The summed E-state index contributed by atoms with van der Waals surface area (Å²) in [6, 6.07) is 13.5. The van der Waals surface area contributed by atoms with Crippen molar-refractivity contribution in [2.24, 2.45) is 18.1 Å². The summed E-state index contributed by atoms with van der Waals surface area (Å²) >= 11 is 1.64. The predicted octanol–water partition coefficient (Wildman–Crippen LogP) is 6.01. The molecule has 3 aromatic rings. The molecule has 0 unspecified atom stereocenters. The predicted molar refractivity (Wildman–Crippen MR) is 156 cm³/mol. The highest BCUT2D eigenvalue weighted by atomic mass is 32.2. The second-order valence-corrected chi connectivity index (χ2v) is 11.9. The van der Waals surface area contributed by atoms with Crippen LogP contribution in [0.2, 0.25) is 0 Å². The Kier molecular flexibility index (Phi) is 10.1. The average molecular weight is 566 g/mol. The van der Waals surface area contributed by atoms with Crippen molar-refractivity contribution in [3.05, 3.63) is 59.5 Å². The highest BCUT2D eigenvalue weighted by Gasteiger charge is 2.26. The molecule has 1 aliphatic rings. The highest BCUT2D eigenvalue weighted by Crippen LogP contribution is 2.28. The van der Waals surface area contributed by atoms with Crippen LogP contribution in [0.1, 0.15) is 76.4 Å². The Labute approximate surface area is 240 Å². The summed E-state index contributed by atoms with van der Waals surface area (Å²) in [7, 11) is 1.76. The molecule has 0 atom stereocenters. The molecule has 0 radical (unpaired) electrons. The van der Waals surface area contributed by atoms with E-state index in [-0.39, 0.29) is 6.61 Å². The number of oxime groups is 1. The number of pyridine rings is 1. The summed E-state index contributed by atoms with van der Waals surface area (Å²) in [6.45, 7) is 6.29. The molecular formula is C29H39N7O3S. The lowest BCUT2D eigenvalue weighted by molar-refractivity contribution is 0.0576. The van der Waals surface area contributed by atoms with E-state index in [0.717, 1.165) is 16.9 Å². The maximum atomic E-state index is 13.2. The van der Waals surface area contributed by atoms with Crippen molar-refractivity contribution in [1.82, 2.24) is 25.2 Å². The molecule has 214 valence electrons. The van der Waals surface area contributed by atoms with E-state index in [1.807, 2.05) is 69.5 Å². The Morgan fingerprint density at radius 1 is 1.15 bits per heavy atom.